The minimum atomic E-state index is 0.403. The van der Waals surface area contributed by atoms with Crippen molar-refractivity contribution >= 4 is 23.7 Å². The van der Waals surface area contributed by atoms with E-state index in [1.807, 2.05) is 20.0 Å². The first-order valence-electron chi connectivity index (χ1n) is 7.51. The fraction of sp³-hybridized carbons (Fsp3) is 0.294. The number of nitrogens with two attached hydrogens (primary N) is 1. The van der Waals surface area contributed by atoms with Crippen LogP contribution in [0, 0.1) is 6.92 Å². The zero-order valence-corrected chi connectivity index (χ0v) is 14.9. The Balaban J connectivity index is 0.000000648. The lowest BCUT2D eigenvalue weighted by atomic mass is 10.0. The molecule has 4 N–H and O–H groups in total. The second kappa shape index (κ2) is 10.5. The summed E-state index contributed by atoms with van der Waals surface area (Å²) < 4.78 is 5.85. The lowest BCUT2D eigenvalue weighted by molar-refractivity contribution is -0.109. The lowest BCUT2D eigenvalue weighted by Crippen LogP contribution is -2.18. The molecule has 0 saturated carbocycles. The fourth-order valence-corrected chi connectivity index (χ4v) is 2.28. The van der Waals surface area contributed by atoms with Gasteiger partial charge in [-0.05, 0) is 31.0 Å². The number of rotatable bonds is 6. The molecule has 1 amide bonds. The molecule has 0 unspecified atom stereocenters. The number of benzene rings is 1. The van der Waals surface area contributed by atoms with Crippen LogP contribution in [0.4, 0.5) is 5.69 Å². The van der Waals surface area contributed by atoms with Gasteiger partial charge in [0.05, 0.1) is 0 Å². The van der Waals surface area contributed by atoms with Crippen LogP contribution in [0.3, 0.4) is 0 Å². The van der Waals surface area contributed by atoms with Crippen LogP contribution in [0.15, 0.2) is 30.3 Å². The van der Waals surface area contributed by atoms with E-state index in [-0.39, 0.29) is 0 Å². The van der Waals surface area contributed by atoms with E-state index in [0.29, 0.717) is 24.1 Å². The van der Waals surface area contributed by atoms with E-state index in [2.05, 4.69) is 41.3 Å². The summed E-state index contributed by atoms with van der Waals surface area (Å²) in [5, 5.41) is 3.65. The Morgan fingerprint density at radius 2 is 2.04 bits per heavy atom. The number of anilines is 1. The maximum Gasteiger partial charge on any atom is 0.221 e. The van der Waals surface area contributed by atoms with Crippen LogP contribution in [-0.2, 0) is 17.8 Å². The molecule has 130 valence electrons. The van der Waals surface area contributed by atoms with Gasteiger partial charge in [0.15, 0.2) is 0 Å². The van der Waals surface area contributed by atoms with Gasteiger partial charge in [0.2, 0.25) is 12.3 Å². The van der Waals surface area contributed by atoms with Crippen molar-refractivity contribution in [2.75, 3.05) is 12.4 Å². The second-order valence-electron chi connectivity index (χ2n) is 4.88. The molecular formula is C17H23ClN4O2. The van der Waals surface area contributed by atoms with E-state index in [1.165, 1.54) is 11.1 Å². The number of aromatic nitrogens is 1. The summed E-state index contributed by atoms with van der Waals surface area (Å²) in [5.41, 5.74) is 6.26. The molecule has 2 aromatic rings. The average molecular weight is 351 g/mol. The first-order valence-corrected chi connectivity index (χ1v) is 7.89. The lowest BCUT2D eigenvalue weighted by Gasteiger charge is -2.15. The number of ether oxygens (including phenoxy) is 1. The van der Waals surface area contributed by atoms with E-state index in [1.54, 1.807) is 11.5 Å². The third kappa shape index (κ3) is 5.72. The predicted molar refractivity (Wildman–Crippen MR) is 97.1 cm³/mol. The Kier molecular flexibility index (Phi) is 8.60. The maximum absolute atomic E-state index is 8.94. The molecule has 0 aliphatic carbocycles. The van der Waals surface area contributed by atoms with Crippen molar-refractivity contribution in [3.63, 3.8) is 0 Å². The zero-order valence-electron chi connectivity index (χ0n) is 14.1. The molecule has 0 fully saturated rings. The number of carbonyl (C=O) groups is 1. The van der Waals surface area contributed by atoms with Crippen LogP contribution in [-0.4, -0.2) is 18.4 Å². The van der Waals surface area contributed by atoms with Gasteiger partial charge in [-0.2, -0.15) is 0 Å². The Bertz CT molecular complexity index is 643. The van der Waals surface area contributed by atoms with Crippen molar-refractivity contribution in [1.29, 1.82) is 0 Å². The fourth-order valence-electron chi connectivity index (χ4n) is 2.14. The molecule has 0 aliphatic heterocycles. The molecule has 6 nitrogen and oxygen atoms in total. The standard InChI is InChI=1S/C16H19ClN2O.CH4N2O/c1-4-12-6-5-7-14(18-3)13(12)10-20-16-11(2)8-9-15(17)19-16;2-3-1-4/h5-9,18H,4,10H2,1-3H3;1H,2H2,(H,3,4). The predicted octanol–water partition coefficient (Wildman–Crippen LogP) is 2.83. The zero-order chi connectivity index (χ0) is 17.9. The van der Waals surface area contributed by atoms with E-state index >= 15 is 0 Å². The number of carbonyl (C=O) groups excluding carboxylic acids is 1. The summed E-state index contributed by atoms with van der Waals surface area (Å²) in [4.78, 5) is 13.2. The topological polar surface area (TPSA) is 89.3 Å². The van der Waals surface area contributed by atoms with Gasteiger partial charge in [0, 0.05) is 23.9 Å². The van der Waals surface area contributed by atoms with Gasteiger partial charge >= 0.3 is 0 Å². The molecule has 7 heteroatoms. The summed E-state index contributed by atoms with van der Waals surface area (Å²) in [5.74, 6) is 5.00. The van der Waals surface area contributed by atoms with Gasteiger partial charge in [0.25, 0.3) is 0 Å². The number of nitrogens with zero attached hydrogens (tertiary/aromatic N) is 1. The Hall–Kier alpha value is -2.31. The number of hydrazine groups is 1. The largest absolute Gasteiger partial charge is 0.472 e. The van der Waals surface area contributed by atoms with E-state index < -0.39 is 0 Å². The van der Waals surface area contributed by atoms with Crippen molar-refractivity contribution in [3.05, 3.63) is 52.2 Å². The summed E-state index contributed by atoms with van der Waals surface area (Å²) >= 11 is 5.91. The molecule has 0 radical (unpaired) electrons. The molecule has 0 atom stereocenters. The van der Waals surface area contributed by atoms with Crippen LogP contribution in [0.1, 0.15) is 23.6 Å². The van der Waals surface area contributed by atoms with Crippen molar-refractivity contribution in [2.45, 2.75) is 26.9 Å². The highest BCUT2D eigenvalue weighted by molar-refractivity contribution is 6.29. The van der Waals surface area contributed by atoms with Crippen LogP contribution in [0.2, 0.25) is 5.15 Å². The third-order valence-electron chi connectivity index (χ3n) is 3.36. The van der Waals surface area contributed by atoms with Crippen molar-refractivity contribution < 1.29 is 9.53 Å². The first kappa shape index (κ1) is 19.7. The number of hydrogen-bond donors (Lipinski definition) is 3. The summed E-state index contributed by atoms with van der Waals surface area (Å²) in [6, 6.07) is 9.91. The van der Waals surface area contributed by atoms with Crippen molar-refractivity contribution in [1.82, 2.24) is 10.4 Å². The quantitative estimate of drug-likeness (QED) is 0.245. The second-order valence-corrected chi connectivity index (χ2v) is 5.26. The minimum Gasteiger partial charge on any atom is -0.472 e. The summed E-state index contributed by atoms with van der Waals surface area (Å²) in [6.45, 7) is 4.58. The number of nitrogens with one attached hydrogen (secondary N) is 2. The number of halogens is 1. The molecule has 0 aliphatic rings. The smallest absolute Gasteiger partial charge is 0.221 e. The monoisotopic (exact) mass is 350 g/mol. The van der Waals surface area contributed by atoms with Crippen molar-refractivity contribution in [2.24, 2.45) is 5.84 Å². The third-order valence-corrected chi connectivity index (χ3v) is 3.57. The Morgan fingerprint density at radius 3 is 2.62 bits per heavy atom. The van der Waals surface area contributed by atoms with E-state index in [4.69, 9.17) is 21.1 Å². The van der Waals surface area contributed by atoms with Gasteiger partial charge in [-0.15, -0.1) is 0 Å². The number of pyridine rings is 1. The van der Waals surface area contributed by atoms with Crippen LogP contribution in [0.5, 0.6) is 5.88 Å². The van der Waals surface area contributed by atoms with Crippen LogP contribution >= 0.6 is 11.6 Å². The molecule has 24 heavy (non-hydrogen) atoms. The van der Waals surface area contributed by atoms with E-state index in [0.717, 1.165) is 17.7 Å². The van der Waals surface area contributed by atoms with Crippen molar-refractivity contribution in [3.8, 4) is 5.88 Å². The first-order chi connectivity index (χ1) is 11.6. The highest BCUT2D eigenvalue weighted by atomic mass is 35.5. The number of aryl methyl sites for hydroxylation is 2. The van der Waals surface area contributed by atoms with E-state index in [9.17, 15) is 0 Å². The SMILES string of the molecule is CCc1cccc(NC)c1COc1nc(Cl)ccc1C.NNC=O. The highest BCUT2D eigenvalue weighted by Gasteiger charge is 2.09. The molecule has 0 saturated heterocycles. The normalized spacial score (nSPS) is 9.54. The maximum atomic E-state index is 8.94. The van der Waals surface area contributed by atoms with Gasteiger partial charge < -0.3 is 10.1 Å². The number of hydrogen-bond acceptors (Lipinski definition) is 5. The van der Waals surface area contributed by atoms with Gasteiger partial charge in [-0.3, -0.25) is 10.2 Å². The van der Waals surface area contributed by atoms with Gasteiger partial charge in [-0.25, -0.2) is 10.8 Å². The molecular weight excluding hydrogens is 328 g/mol. The molecule has 1 aromatic heterocycles. The Labute approximate surface area is 147 Å². The molecule has 2 rings (SSSR count). The molecule has 1 aromatic carbocycles. The Morgan fingerprint density at radius 1 is 1.33 bits per heavy atom. The molecule has 0 spiro atoms. The summed E-state index contributed by atoms with van der Waals surface area (Å²) in [7, 11) is 1.92. The van der Waals surface area contributed by atoms with Crippen LogP contribution < -0.4 is 21.3 Å². The highest BCUT2D eigenvalue weighted by Crippen LogP contribution is 2.24. The van der Waals surface area contributed by atoms with Crippen LogP contribution in [0.25, 0.3) is 0 Å². The number of amides is 1. The molecule has 1 heterocycles. The summed E-state index contributed by atoms with van der Waals surface area (Å²) in [6.07, 6.45) is 1.37. The minimum absolute atomic E-state index is 0.403. The van der Waals surface area contributed by atoms with Gasteiger partial charge in [-0.1, -0.05) is 36.7 Å². The van der Waals surface area contributed by atoms with Gasteiger partial charge in [0.1, 0.15) is 11.8 Å². The average Bonchev–Trinajstić information content (AvgIpc) is 2.62. The molecule has 0 bridgehead atoms.